The van der Waals surface area contributed by atoms with Crippen LogP contribution in [0.1, 0.15) is 46.1 Å². The van der Waals surface area contributed by atoms with Crippen LogP contribution in [-0.2, 0) is 29.3 Å². The van der Waals surface area contributed by atoms with Gasteiger partial charge in [0.15, 0.2) is 6.61 Å². The fourth-order valence-electron chi connectivity index (χ4n) is 3.71. The number of likely N-dealkylation sites (N-methyl/N-ethyl adjacent to an activating group) is 1. The maximum absolute atomic E-state index is 13.2. The monoisotopic (exact) mass is 431 g/mol. The first-order chi connectivity index (χ1) is 14.4. The van der Waals surface area contributed by atoms with E-state index in [2.05, 4.69) is 5.32 Å². The summed E-state index contributed by atoms with van der Waals surface area (Å²) in [5.74, 6) is -1.25. The van der Waals surface area contributed by atoms with Gasteiger partial charge < -0.3 is 19.9 Å². The van der Waals surface area contributed by atoms with E-state index in [1.54, 1.807) is 4.90 Å². The summed E-state index contributed by atoms with van der Waals surface area (Å²) in [6.07, 6.45) is 0.848. The molecule has 0 spiro atoms. The standard InChI is InChI=1S/C23H33N3O5/c1-17(27)26-13-11-23(12-14-26,18-9-7-6-8-10-18)21(30)31-16-20(29)25(5)15-19(28)24-22(2,3)4/h6-10H,11-16H2,1-5H3,(H,24,28). The van der Waals surface area contributed by atoms with Gasteiger partial charge in [-0.05, 0) is 39.2 Å². The first-order valence-corrected chi connectivity index (χ1v) is 10.5. The van der Waals surface area contributed by atoms with Crippen LogP contribution in [0.3, 0.4) is 0 Å². The van der Waals surface area contributed by atoms with E-state index in [1.165, 1.54) is 18.9 Å². The number of likely N-dealkylation sites (tertiary alicyclic amines) is 1. The molecule has 1 N–H and O–H groups in total. The number of piperidine rings is 1. The fourth-order valence-corrected chi connectivity index (χ4v) is 3.71. The summed E-state index contributed by atoms with van der Waals surface area (Å²) in [6, 6.07) is 9.32. The quantitative estimate of drug-likeness (QED) is 0.689. The Morgan fingerprint density at radius 1 is 1.10 bits per heavy atom. The molecule has 1 aliphatic heterocycles. The molecule has 0 saturated carbocycles. The molecular formula is C23H33N3O5. The van der Waals surface area contributed by atoms with Gasteiger partial charge in [0, 0.05) is 32.6 Å². The van der Waals surface area contributed by atoms with E-state index in [1.807, 2.05) is 51.1 Å². The Kier molecular flexibility index (Phi) is 7.81. The first kappa shape index (κ1) is 24.4. The van der Waals surface area contributed by atoms with Gasteiger partial charge in [-0.2, -0.15) is 0 Å². The zero-order valence-electron chi connectivity index (χ0n) is 19.1. The van der Waals surface area contributed by atoms with Crippen LogP contribution < -0.4 is 5.32 Å². The lowest BCUT2D eigenvalue weighted by Gasteiger charge is -2.40. The Hall–Kier alpha value is -2.90. The van der Waals surface area contributed by atoms with Gasteiger partial charge in [0.2, 0.25) is 11.8 Å². The van der Waals surface area contributed by atoms with Crippen LogP contribution >= 0.6 is 0 Å². The summed E-state index contributed by atoms with van der Waals surface area (Å²) >= 11 is 0. The van der Waals surface area contributed by atoms with Crippen LogP contribution in [0, 0.1) is 0 Å². The average molecular weight is 432 g/mol. The zero-order valence-corrected chi connectivity index (χ0v) is 19.1. The van der Waals surface area contributed by atoms with Crippen molar-refractivity contribution in [3.8, 4) is 0 Å². The van der Waals surface area contributed by atoms with E-state index in [0.717, 1.165) is 5.56 Å². The minimum absolute atomic E-state index is 0.0274. The molecule has 31 heavy (non-hydrogen) atoms. The van der Waals surface area contributed by atoms with Gasteiger partial charge in [-0.1, -0.05) is 30.3 Å². The van der Waals surface area contributed by atoms with E-state index >= 15 is 0 Å². The Bertz CT molecular complexity index is 808. The number of carbonyl (C=O) groups is 4. The summed E-state index contributed by atoms with van der Waals surface area (Å²) in [7, 11) is 1.50. The number of rotatable bonds is 6. The molecule has 0 aliphatic carbocycles. The van der Waals surface area contributed by atoms with Crippen molar-refractivity contribution in [2.75, 3.05) is 33.3 Å². The highest BCUT2D eigenvalue weighted by Gasteiger charge is 2.45. The lowest BCUT2D eigenvalue weighted by Crippen LogP contribution is -2.50. The zero-order chi connectivity index (χ0) is 23.2. The second-order valence-corrected chi connectivity index (χ2v) is 9.08. The number of nitrogens with zero attached hydrogens (tertiary/aromatic N) is 2. The van der Waals surface area contributed by atoms with Crippen LogP contribution in [0.25, 0.3) is 0 Å². The summed E-state index contributed by atoms with van der Waals surface area (Å²) < 4.78 is 5.44. The third kappa shape index (κ3) is 6.54. The Morgan fingerprint density at radius 3 is 2.19 bits per heavy atom. The number of hydrogen-bond acceptors (Lipinski definition) is 5. The summed E-state index contributed by atoms with van der Waals surface area (Å²) in [6.45, 7) is 7.41. The summed E-state index contributed by atoms with van der Waals surface area (Å²) in [5.41, 5.74) is -0.492. The van der Waals surface area contributed by atoms with Crippen molar-refractivity contribution in [1.82, 2.24) is 15.1 Å². The molecule has 0 unspecified atom stereocenters. The van der Waals surface area contributed by atoms with E-state index in [0.29, 0.717) is 25.9 Å². The van der Waals surface area contributed by atoms with Crippen LogP contribution in [0.2, 0.25) is 0 Å². The van der Waals surface area contributed by atoms with Gasteiger partial charge >= 0.3 is 5.97 Å². The fraction of sp³-hybridized carbons (Fsp3) is 0.565. The Morgan fingerprint density at radius 2 is 1.68 bits per heavy atom. The van der Waals surface area contributed by atoms with Gasteiger partial charge in [0.25, 0.3) is 5.91 Å². The van der Waals surface area contributed by atoms with Gasteiger partial charge in [-0.25, -0.2) is 0 Å². The van der Waals surface area contributed by atoms with Crippen LogP contribution in [0.4, 0.5) is 0 Å². The SMILES string of the molecule is CC(=O)N1CCC(C(=O)OCC(=O)N(C)CC(=O)NC(C)(C)C)(c2ccccc2)CC1. The number of esters is 1. The third-order valence-corrected chi connectivity index (χ3v) is 5.43. The second-order valence-electron chi connectivity index (χ2n) is 9.08. The number of amides is 3. The van der Waals surface area contributed by atoms with Gasteiger partial charge in [0.1, 0.15) is 0 Å². The molecule has 1 aliphatic rings. The highest BCUT2D eigenvalue weighted by atomic mass is 16.5. The molecule has 1 saturated heterocycles. The minimum atomic E-state index is -0.907. The molecular weight excluding hydrogens is 398 g/mol. The van der Waals surface area contributed by atoms with Gasteiger partial charge in [-0.15, -0.1) is 0 Å². The third-order valence-electron chi connectivity index (χ3n) is 5.43. The minimum Gasteiger partial charge on any atom is -0.455 e. The molecule has 0 aromatic heterocycles. The van der Waals surface area contributed by atoms with Crippen molar-refractivity contribution in [3.05, 3.63) is 35.9 Å². The van der Waals surface area contributed by atoms with Crippen molar-refractivity contribution < 1.29 is 23.9 Å². The molecule has 3 amide bonds. The van der Waals surface area contributed by atoms with Crippen molar-refractivity contribution in [3.63, 3.8) is 0 Å². The van der Waals surface area contributed by atoms with Crippen LogP contribution in [-0.4, -0.2) is 72.3 Å². The van der Waals surface area contributed by atoms with E-state index in [4.69, 9.17) is 4.74 Å². The maximum Gasteiger partial charge on any atom is 0.317 e. The number of ether oxygens (including phenoxy) is 1. The molecule has 1 heterocycles. The second kappa shape index (κ2) is 9.94. The largest absolute Gasteiger partial charge is 0.455 e. The number of benzene rings is 1. The number of carbonyl (C=O) groups excluding carboxylic acids is 4. The van der Waals surface area contributed by atoms with Gasteiger partial charge in [-0.3, -0.25) is 19.2 Å². The molecule has 170 valence electrons. The molecule has 0 bridgehead atoms. The summed E-state index contributed by atoms with van der Waals surface area (Å²) in [4.78, 5) is 52.3. The smallest absolute Gasteiger partial charge is 0.317 e. The molecule has 2 rings (SSSR count). The summed E-state index contributed by atoms with van der Waals surface area (Å²) in [5, 5.41) is 2.79. The molecule has 0 atom stereocenters. The predicted octanol–water partition coefficient (Wildman–Crippen LogP) is 1.48. The average Bonchev–Trinajstić information content (AvgIpc) is 2.70. The number of hydrogen-bond donors (Lipinski definition) is 1. The van der Waals surface area contributed by atoms with Crippen molar-refractivity contribution in [1.29, 1.82) is 0 Å². The normalized spacial score (nSPS) is 15.7. The Labute approximate surface area is 183 Å². The molecule has 1 aromatic carbocycles. The van der Waals surface area contributed by atoms with Crippen molar-refractivity contribution in [2.24, 2.45) is 0 Å². The van der Waals surface area contributed by atoms with Crippen molar-refractivity contribution in [2.45, 2.75) is 51.5 Å². The number of nitrogens with one attached hydrogen (secondary N) is 1. The lowest BCUT2D eigenvalue weighted by atomic mass is 9.72. The first-order valence-electron chi connectivity index (χ1n) is 10.5. The lowest BCUT2D eigenvalue weighted by molar-refractivity contribution is -0.159. The maximum atomic E-state index is 13.2. The topological polar surface area (TPSA) is 96.0 Å². The molecule has 8 heteroatoms. The van der Waals surface area contributed by atoms with Crippen LogP contribution in [0.5, 0.6) is 0 Å². The molecule has 1 fully saturated rings. The van der Waals surface area contributed by atoms with E-state index in [-0.39, 0.29) is 18.4 Å². The molecule has 8 nitrogen and oxygen atoms in total. The molecule has 1 aromatic rings. The Balaban J connectivity index is 2.03. The predicted molar refractivity (Wildman–Crippen MR) is 116 cm³/mol. The highest BCUT2D eigenvalue weighted by Crippen LogP contribution is 2.37. The van der Waals surface area contributed by atoms with Gasteiger partial charge in [0.05, 0.1) is 12.0 Å². The molecule has 0 radical (unpaired) electrons. The van der Waals surface area contributed by atoms with Crippen LogP contribution in [0.15, 0.2) is 30.3 Å². The van der Waals surface area contributed by atoms with E-state index in [9.17, 15) is 19.2 Å². The van der Waals surface area contributed by atoms with E-state index < -0.39 is 29.4 Å². The highest BCUT2D eigenvalue weighted by molar-refractivity contribution is 5.89. The van der Waals surface area contributed by atoms with Crippen molar-refractivity contribution >= 4 is 23.7 Å².